The van der Waals surface area contributed by atoms with Crippen molar-refractivity contribution in [2.24, 2.45) is 0 Å². The quantitative estimate of drug-likeness (QED) is 0.698. The Hall–Kier alpha value is -2.67. The van der Waals surface area contributed by atoms with Gasteiger partial charge in [0.25, 0.3) is 5.91 Å². The van der Waals surface area contributed by atoms with Gasteiger partial charge in [-0.05, 0) is 30.0 Å². The standard InChI is InChI=1S/C17H17N3O3S/c1-12-3-2-7-20-9-14(19-16(12)20)10-23-15(21)4-6-18-17(22)13-5-8-24-11-13/h2-3,5,7-9,11H,4,6,10H2,1H3,(H,18,22). The number of nitrogens with zero attached hydrogens (tertiary/aromatic N) is 2. The van der Waals surface area contributed by atoms with E-state index in [0.29, 0.717) is 11.3 Å². The number of aromatic nitrogens is 2. The molecule has 0 saturated heterocycles. The van der Waals surface area contributed by atoms with Crippen molar-refractivity contribution in [2.45, 2.75) is 20.0 Å². The molecule has 124 valence electrons. The molecule has 0 aliphatic heterocycles. The molecule has 1 N–H and O–H groups in total. The monoisotopic (exact) mass is 343 g/mol. The lowest BCUT2D eigenvalue weighted by molar-refractivity contribution is -0.144. The topological polar surface area (TPSA) is 72.7 Å². The number of amides is 1. The van der Waals surface area contributed by atoms with E-state index in [0.717, 1.165) is 11.2 Å². The van der Waals surface area contributed by atoms with Gasteiger partial charge in [-0.1, -0.05) is 6.07 Å². The number of aryl methyl sites for hydroxylation is 1. The van der Waals surface area contributed by atoms with E-state index in [9.17, 15) is 9.59 Å². The SMILES string of the molecule is Cc1cccn2cc(COC(=O)CCNC(=O)c3ccsc3)nc12. The molecule has 6 nitrogen and oxygen atoms in total. The summed E-state index contributed by atoms with van der Waals surface area (Å²) < 4.78 is 7.11. The zero-order chi connectivity index (χ0) is 16.9. The van der Waals surface area contributed by atoms with E-state index in [2.05, 4.69) is 10.3 Å². The van der Waals surface area contributed by atoms with Crippen molar-refractivity contribution in [3.05, 3.63) is 58.2 Å². The van der Waals surface area contributed by atoms with Gasteiger partial charge in [0.1, 0.15) is 12.3 Å². The molecule has 0 aliphatic rings. The summed E-state index contributed by atoms with van der Waals surface area (Å²) in [7, 11) is 0. The molecule has 0 fully saturated rings. The van der Waals surface area contributed by atoms with E-state index in [1.165, 1.54) is 11.3 Å². The lowest BCUT2D eigenvalue weighted by Crippen LogP contribution is -2.26. The van der Waals surface area contributed by atoms with Gasteiger partial charge in [-0.3, -0.25) is 9.59 Å². The first kappa shape index (κ1) is 16.2. The van der Waals surface area contributed by atoms with E-state index in [1.54, 1.807) is 11.4 Å². The van der Waals surface area contributed by atoms with Crippen molar-refractivity contribution in [2.75, 3.05) is 6.54 Å². The second-order valence-electron chi connectivity index (χ2n) is 5.33. The van der Waals surface area contributed by atoms with Crippen LogP contribution in [-0.4, -0.2) is 27.8 Å². The summed E-state index contributed by atoms with van der Waals surface area (Å²) in [5, 5.41) is 6.29. The Morgan fingerprint density at radius 3 is 3.00 bits per heavy atom. The number of ether oxygens (including phenoxy) is 1. The fraction of sp³-hybridized carbons (Fsp3) is 0.235. The molecule has 0 radical (unpaired) electrons. The number of hydrogen-bond donors (Lipinski definition) is 1. The third kappa shape index (κ3) is 3.80. The van der Waals surface area contributed by atoms with Gasteiger partial charge in [0.2, 0.25) is 0 Å². The molecule has 0 spiro atoms. The highest BCUT2D eigenvalue weighted by Crippen LogP contribution is 2.11. The van der Waals surface area contributed by atoms with Crippen molar-refractivity contribution >= 4 is 28.9 Å². The maximum absolute atomic E-state index is 11.8. The zero-order valence-corrected chi connectivity index (χ0v) is 14.0. The average molecular weight is 343 g/mol. The summed E-state index contributed by atoms with van der Waals surface area (Å²) in [5.74, 6) is -0.547. The smallest absolute Gasteiger partial charge is 0.307 e. The van der Waals surface area contributed by atoms with Crippen LogP contribution in [0.1, 0.15) is 28.0 Å². The minimum absolute atomic E-state index is 0.123. The van der Waals surface area contributed by atoms with Crippen LogP contribution < -0.4 is 5.32 Å². The molecule has 0 aromatic carbocycles. The summed E-state index contributed by atoms with van der Waals surface area (Å²) >= 11 is 1.45. The molecule has 0 atom stereocenters. The first-order valence-electron chi connectivity index (χ1n) is 7.53. The second kappa shape index (κ2) is 7.27. The number of hydrogen-bond acceptors (Lipinski definition) is 5. The molecule has 3 rings (SSSR count). The number of pyridine rings is 1. The number of esters is 1. The van der Waals surface area contributed by atoms with Crippen LogP contribution >= 0.6 is 11.3 Å². The van der Waals surface area contributed by atoms with Crippen LogP contribution in [0, 0.1) is 6.92 Å². The highest BCUT2D eigenvalue weighted by molar-refractivity contribution is 7.08. The number of thiophene rings is 1. The first-order chi connectivity index (χ1) is 11.6. The van der Waals surface area contributed by atoms with Crippen molar-refractivity contribution in [3.63, 3.8) is 0 Å². The Morgan fingerprint density at radius 2 is 2.25 bits per heavy atom. The second-order valence-corrected chi connectivity index (χ2v) is 6.11. The predicted molar refractivity (Wildman–Crippen MR) is 91.0 cm³/mol. The van der Waals surface area contributed by atoms with Crippen molar-refractivity contribution in [1.29, 1.82) is 0 Å². The van der Waals surface area contributed by atoms with E-state index in [4.69, 9.17) is 4.74 Å². The zero-order valence-electron chi connectivity index (χ0n) is 13.2. The molecule has 24 heavy (non-hydrogen) atoms. The third-order valence-corrected chi connectivity index (χ3v) is 4.19. The maximum Gasteiger partial charge on any atom is 0.307 e. The number of imidazole rings is 1. The van der Waals surface area contributed by atoms with Crippen molar-refractivity contribution in [3.8, 4) is 0 Å². The number of rotatable bonds is 6. The van der Waals surface area contributed by atoms with Gasteiger partial charge in [0.05, 0.1) is 12.1 Å². The van der Waals surface area contributed by atoms with E-state index < -0.39 is 0 Å². The summed E-state index contributed by atoms with van der Waals surface area (Å²) in [6.45, 7) is 2.35. The number of nitrogens with one attached hydrogen (secondary N) is 1. The molecular formula is C17H17N3O3S. The Morgan fingerprint density at radius 1 is 1.38 bits per heavy atom. The Labute approximate surface area is 143 Å². The highest BCUT2D eigenvalue weighted by atomic mass is 32.1. The average Bonchev–Trinajstić information content (AvgIpc) is 3.23. The molecule has 3 heterocycles. The molecule has 7 heteroatoms. The van der Waals surface area contributed by atoms with E-state index >= 15 is 0 Å². The van der Waals surface area contributed by atoms with Gasteiger partial charge in [-0.15, -0.1) is 0 Å². The third-order valence-electron chi connectivity index (χ3n) is 3.51. The molecule has 0 unspecified atom stereocenters. The molecule has 0 saturated carbocycles. The number of carbonyl (C=O) groups excluding carboxylic acids is 2. The summed E-state index contributed by atoms with van der Waals surface area (Å²) in [4.78, 5) is 27.9. The predicted octanol–water partition coefficient (Wildman–Crippen LogP) is 2.57. The van der Waals surface area contributed by atoms with Gasteiger partial charge in [-0.25, -0.2) is 4.98 Å². The first-order valence-corrected chi connectivity index (χ1v) is 8.47. The van der Waals surface area contributed by atoms with Gasteiger partial charge in [0, 0.05) is 29.9 Å². The molecule has 3 aromatic rings. The Bertz CT molecular complexity index is 855. The lowest BCUT2D eigenvalue weighted by Gasteiger charge is -2.04. The largest absolute Gasteiger partial charge is 0.459 e. The normalized spacial score (nSPS) is 10.7. The lowest BCUT2D eigenvalue weighted by atomic mass is 10.3. The number of carbonyl (C=O) groups is 2. The molecule has 1 amide bonds. The van der Waals surface area contributed by atoms with Crippen molar-refractivity contribution in [1.82, 2.24) is 14.7 Å². The van der Waals surface area contributed by atoms with Crippen LogP contribution in [0.15, 0.2) is 41.4 Å². The van der Waals surface area contributed by atoms with Gasteiger partial charge in [-0.2, -0.15) is 11.3 Å². The van der Waals surface area contributed by atoms with E-state index in [-0.39, 0.29) is 31.4 Å². The van der Waals surface area contributed by atoms with Gasteiger partial charge in [0.15, 0.2) is 0 Å². The van der Waals surface area contributed by atoms with Crippen LogP contribution in [0.5, 0.6) is 0 Å². The Kier molecular flexibility index (Phi) is 4.90. The maximum atomic E-state index is 11.8. The van der Waals surface area contributed by atoms with Crippen LogP contribution in [0.2, 0.25) is 0 Å². The Balaban J connectivity index is 1.45. The van der Waals surface area contributed by atoms with Crippen LogP contribution in [0.3, 0.4) is 0 Å². The van der Waals surface area contributed by atoms with Crippen molar-refractivity contribution < 1.29 is 14.3 Å². The van der Waals surface area contributed by atoms with Crippen LogP contribution in [-0.2, 0) is 16.1 Å². The van der Waals surface area contributed by atoms with E-state index in [1.807, 2.05) is 41.2 Å². The number of fused-ring (bicyclic) bond motifs is 1. The molecular weight excluding hydrogens is 326 g/mol. The fourth-order valence-electron chi connectivity index (χ4n) is 2.27. The summed E-state index contributed by atoms with van der Waals surface area (Å²) in [5.41, 5.74) is 3.21. The highest BCUT2D eigenvalue weighted by Gasteiger charge is 2.09. The minimum atomic E-state index is -0.366. The molecule has 0 bridgehead atoms. The molecule has 0 aliphatic carbocycles. The van der Waals surface area contributed by atoms with Crippen LogP contribution in [0.25, 0.3) is 5.65 Å². The minimum Gasteiger partial charge on any atom is -0.459 e. The summed E-state index contributed by atoms with van der Waals surface area (Å²) in [6, 6.07) is 5.66. The fourth-order valence-corrected chi connectivity index (χ4v) is 2.91. The summed E-state index contributed by atoms with van der Waals surface area (Å²) in [6.07, 6.45) is 3.87. The van der Waals surface area contributed by atoms with Gasteiger partial charge >= 0.3 is 5.97 Å². The molecule has 3 aromatic heterocycles. The van der Waals surface area contributed by atoms with Crippen LogP contribution in [0.4, 0.5) is 0 Å². The van der Waals surface area contributed by atoms with Gasteiger partial charge < -0.3 is 14.5 Å².